The first-order valence-corrected chi connectivity index (χ1v) is 4.55. The quantitative estimate of drug-likeness (QED) is 0.547. The van der Waals surface area contributed by atoms with E-state index in [0.717, 1.165) is 13.1 Å². The molecule has 13 heavy (non-hydrogen) atoms. The number of carbonyl (C=O) groups excluding carboxylic acids is 1. The van der Waals surface area contributed by atoms with Crippen molar-refractivity contribution in [3.05, 3.63) is 0 Å². The molecule has 1 aliphatic heterocycles. The lowest BCUT2D eigenvalue weighted by Gasteiger charge is -2.18. The summed E-state index contributed by atoms with van der Waals surface area (Å²) in [5.74, 6) is 0. The van der Waals surface area contributed by atoms with E-state index in [-0.39, 0.29) is 18.2 Å². The molecule has 0 spiro atoms. The Morgan fingerprint density at radius 3 is 3.00 bits per heavy atom. The van der Waals surface area contributed by atoms with Crippen molar-refractivity contribution < 1.29 is 9.53 Å². The number of ether oxygens (including phenoxy) is 1. The summed E-state index contributed by atoms with van der Waals surface area (Å²) in [6.45, 7) is 4.10. The van der Waals surface area contributed by atoms with Crippen LogP contribution in [0, 0.1) is 0 Å². The molecule has 2 atom stereocenters. The second kappa shape index (κ2) is 5.04. The predicted molar refractivity (Wildman–Crippen MR) is 49.7 cm³/mol. The third kappa shape index (κ3) is 2.86. The summed E-state index contributed by atoms with van der Waals surface area (Å²) in [5, 5.41) is 8.68. The standard InChI is InChI=1S/C8H17N3O2/c1-3-10-8(12)11-6-4-9-5-7(6)13-2/h6-7,9H,3-5H2,1-2H3,(H2,10,11,12)/t6-,7+/m1/s1. The SMILES string of the molecule is CCNC(=O)N[C@@H]1CNC[C@@H]1OC. The summed E-state index contributed by atoms with van der Waals surface area (Å²) in [7, 11) is 1.66. The third-order valence-electron chi connectivity index (χ3n) is 2.12. The number of methoxy groups -OCH3 is 1. The van der Waals surface area contributed by atoms with Crippen LogP contribution in [0.3, 0.4) is 0 Å². The Bertz CT molecular complexity index is 175. The van der Waals surface area contributed by atoms with E-state index >= 15 is 0 Å². The third-order valence-corrected chi connectivity index (χ3v) is 2.12. The van der Waals surface area contributed by atoms with Gasteiger partial charge in [0.25, 0.3) is 0 Å². The van der Waals surface area contributed by atoms with Crippen molar-refractivity contribution >= 4 is 6.03 Å². The molecule has 1 saturated heterocycles. The highest BCUT2D eigenvalue weighted by molar-refractivity contribution is 5.74. The number of hydrogen-bond acceptors (Lipinski definition) is 3. The Morgan fingerprint density at radius 2 is 2.38 bits per heavy atom. The number of rotatable bonds is 3. The Kier molecular flexibility index (Phi) is 3.98. The highest BCUT2D eigenvalue weighted by Crippen LogP contribution is 2.02. The van der Waals surface area contributed by atoms with Gasteiger partial charge in [0.2, 0.25) is 0 Å². The van der Waals surface area contributed by atoms with Crippen molar-refractivity contribution in [3.8, 4) is 0 Å². The summed E-state index contributed by atoms with van der Waals surface area (Å²) in [4.78, 5) is 11.2. The molecule has 0 radical (unpaired) electrons. The monoisotopic (exact) mass is 187 g/mol. The van der Waals surface area contributed by atoms with Crippen LogP contribution >= 0.6 is 0 Å². The van der Waals surface area contributed by atoms with E-state index < -0.39 is 0 Å². The van der Waals surface area contributed by atoms with Gasteiger partial charge in [-0.25, -0.2) is 4.79 Å². The fraction of sp³-hybridized carbons (Fsp3) is 0.875. The number of hydrogen-bond donors (Lipinski definition) is 3. The molecule has 0 aromatic heterocycles. The van der Waals surface area contributed by atoms with Crippen molar-refractivity contribution in [3.63, 3.8) is 0 Å². The van der Waals surface area contributed by atoms with Gasteiger partial charge in [-0.05, 0) is 6.92 Å². The van der Waals surface area contributed by atoms with Crippen LogP contribution < -0.4 is 16.0 Å². The lowest BCUT2D eigenvalue weighted by Crippen LogP contribution is -2.47. The minimum Gasteiger partial charge on any atom is -0.378 e. The molecular formula is C8H17N3O2. The van der Waals surface area contributed by atoms with Crippen molar-refractivity contribution in [1.29, 1.82) is 0 Å². The molecule has 2 amide bonds. The molecule has 1 aliphatic rings. The van der Waals surface area contributed by atoms with Gasteiger partial charge in [-0.15, -0.1) is 0 Å². The molecule has 0 aliphatic carbocycles. The van der Waals surface area contributed by atoms with Crippen LogP contribution in [0.15, 0.2) is 0 Å². The van der Waals surface area contributed by atoms with Gasteiger partial charge in [0.15, 0.2) is 0 Å². The molecule has 0 unspecified atom stereocenters. The minimum atomic E-state index is -0.127. The molecule has 1 fully saturated rings. The largest absolute Gasteiger partial charge is 0.378 e. The van der Waals surface area contributed by atoms with Crippen LogP contribution in [-0.2, 0) is 4.74 Å². The highest BCUT2D eigenvalue weighted by Gasteiger charge is 2.27. The Morgan fingerprint density at radius 1 is 1.62 bits per heavy atom. The van der Waals surface area contributed by atoms with Crippen molar-refractivity contribution in [2.75, 3.05) is 26.7 Å². The zero-order chi connectivity index (χ0) is 9.68. The maximum Gasteiger partial charge on any atom is 0.315 e. The van der Waals surface area contributed by atoms with Gasteiger partial charge in [-0.1, -0.05) is 0 Å². The molecule has 3 N–H and O–H groups in total. The fourth-order valence-electron chi connectivity index (χ4n) is 1.43. The molecule has 0 aromatic rings. The lowest BCUT2D eigenvalue weighted by molar-refractivity contribution is 0.0984. The number of carbonyl (C=O) groups is 1. The molecular weight excluding hydrogens is 170 g/mol. The molecule has 0 aromatic carbocycles. The van der Waals surface area contributed by atoms with Crippen molar-refractivity contribution in [1.82, 2.24) is 16.0 Å². The molecule has 76 valence electrons. The van der Waals surface area contributed by atoms with E-state index in [0.29, 0.717) is 6.54 Å². The van der Waals surface area contributed by atoms with E-state index in [9.17, 15) is 4.79 Å². The zero-order valence-electron chi connectivity index (χ0n) is 8.09. The van der Waals surface area contributed by atoms with Gasteiger partial charge in [0.1, 0.15) is 0 Å². The molecule has 0 saturated carbocycles. The summed E-state index contributed by atoms with van der Waals surface area (Å²) in [5.41, 5.74) is 0. The Balaban J connectivity index is 2.30. The number of urea groups is 1. The molecule has 1 heterocycles. The van der Waals surface area contributed by atoms with Crippen LogP contribution in [0.2, 0.25) is 0 Å². The smallest absolute Gasteiger partial charge is 0.315 e. The predicted octanol–water partition coefficient (Wildman–Crippen LogP) is -0.708. The summed E-state index contributed by atoms with van der Waals surface area (Å²) in [6.07, 6.45) is 0.0857. The van der Waals surface area contributed by atoms with Crippen LogP contribution in [0.4, 0.5) is 4.79 Å². The first-order valence-electron chi connectivity index (χ1n) is 4.55. The van der Waals surface area contributed by atoms with Crippen LogP contribution in [0.25, 0.3) is 0 Å². The number of nitrogens with one attached hydrogen (secondary N) is 3. The van der Waals surface area contributed by atoms with E-state index in [1.807, 2.05) is 6.92 Å². The zero-order valence-corrected chi connectivity index (χ0v) is 8.09. The summed E-state index contributed by atoms with van der Waals surface area (Å²) >= 11 is 0. The summed E-state index contributed by atoms with van der Waals surface area (Å²) < 4.78 is 5.20. The first-order chi connectivity index (χ1) is 6.27. The maximum atomic E-state index is 11.2. The number of amides is 2. The summed E-state index contributed by atoms with van der Waals surface area (Å²) in [6, 6.07) is -0.0465. The first kappa shape index (κ1) is 10.3. The van der Waals surface area contributed by atoms with Gasteiger partial charge >= 0.3 is 6.03 Å². The van der Waals surface area contributed by atoms with E-state index in [1.165, 1.54) is 0 Å². The molecule has 1 rings (SSSR count). The Hall–Kier alpha value is -0.810. The van der Waals surface area contributed by atoms with Crippen LogP contribution in [-0.4, -0.2) is 44.9 Å². The van der Waals surface area contributed by atoms with Crippen molar-refractivity contribution in [2.45, 2.75) is 19.1 Å². The molecule has 5 nitrogen and oxygen atoms in total. The second-order valence-electron chi connectivity index (χ2n) is 3.04. The average molecular weight is 187 g/mol. The van der Waals surface area contributed by atoms with Gasteiger partial charge in [-0.2, -0.15) is 0 Å². The van der Waals surface area contributed by atoms with Gasteiger partial charge in [0.05, 0.1) is 12.1 Å². The van der Waals surface area contributed by atoms with Crippen LogP contribution in [0.1, 0.15) is 6.92 Å². The fourth-order valence-corrected chi connectivity index (χ4v) is 1.43. The van der Waals surface area contributed by atoms with Crippen molar-refractivity contribution in [2.24, 2.45) is 0 Å². The Labute approximate surface area is 78.2 Å². The average Bonchev–Trinajstić information content (AvgIpc) is 2.52. The highest BCUT2D eigenvalue weighted by atomic mass is 16.5. The molecule has 5 heteroatoms. The van der Waals surface area contributed by atoms with Gasteiger partial charge < -0.3 is 20.7 Å². The lowest BCUT2D eigenvalue weighted by atomic mass is 10.2. The minimum absolute atomic E-state index is 0.0801. The van der Waals surface area contributed by atoms with Gasteiger partial charge in [-0.3, -0.25) is 0 Å². The normalized spacial score (nSPS) is 27.2. The maximum absolute atomic E-state index is 11.2. The van der Waals surface area contributed by atoms with E-state index in [2.05, 4.69) is 16.0 Å². The van der Waals surface area contributed by atoms with Crippen LogP contribution in [0.5, 0.6) is 0 Å². The van der Waals surface area contributed by atoms with E-state index in [4.69, 9.17) is 4.74 Å². The second-order valence-corrected chi connectivity index (χ2v) is 3.04. The van der Waals surface area contributed by atoms with E-state index in [1.54, 1.807) is 7.11 Å². The topological polar surface area (TPSA) is 62.4 Å². The molecule has 0 bridgehead atoms. The van der Waals surface area contributed by atoms with Gasteiger partial charge in [0, 0.05) is 26.7 Å².